The lowest BCUT2D eigenvalue weighted by molar-refractivity contribution is 0.0648. The summed E-state index contributed by atoms with van der Waals surface area (Å²) in [4.78, 5) is 0. The topological polar surface area (TPSA) is 21.3 Å². The van der Waals surface area contributed by atoms with E-state index < -0.39 is 0 Å². The Morgan fingerprint density at radius 1 is 1.11 bits per heavy atom. The highest BCUT2D eigenvalue weighted by Gasteiger charge is 2.37. The lowest BCUT2D eigenvalue weighted by Gasteiger charge is -2.43. The zero-order chi connectivity index (χ0) is 13.0. The van der Waals surface area contributed by atoms with Gasteiger partial charge in [-0.2, -0.15) is 0 Å². The quantitative estimate of drug-likeness (QED) is 0.877. The van der Waals surface area contributed by atoms with E-state index in [1.807, 2.05) is 0 Å². The van der Waals surface area contributed by atoms with Crippen LogP contribution in [0.4, 0.5) is 0 Å². The summed E-state index contributed by atoms with van der Waals surface area (Å²) in [5, 5.41) is 3.80. The van der Waals surface area contributed by atoms with Crippen molar-refractivity contribution in [1.82, 2.24) is 5.32 Å². The Morgan fingerprint density at radius 2 is 1.84 bits per heavy atom. The van der Waals surface area contributed by atoms with Crippen LogP contribution in [-0.2, 0) is 11.2 Å². The molecule has 1 N–H and O–H groups in total. The first-order valence-corrected chi connectivity index (χ1v) is 7.71. The first-order chi connectivity index (χ1) is 9.36. The average Bonchev–Trinajstić information content (AvgIpc) is 2.44. The van der Waals surface area contributed by atoms with Crippen LogP contribution in [-0.4, -0.2) is 25.8 Å². The Bertz CT molecular complexity index is 380. The van der Waals surface area contributed by atoms with Gasteiger partial charge in [-0.25, -0.2) is 0 Å². The van der Waals surface area contributed by atoms with Gasteiger partial charge in [-0.05, 0) is 43.1 Å². The van der Waals surface area contributed by atoms with Crippen molar-refractivity contribution >= 4 is 0 Å². The smallest absolute Gasteiger partial charge is 0.0480 e. The highest BCUT2D eigenvalue weighted by molar-refractivity contribution is 5.17. The highest BCUT2D eigenvalue weighted by atomic mass is 16.5. The van der Waals surface area contributed by atoms with Gasteiger partial charge >= 0.3 is 0 Å². The summed E-state index contributed by atoms with van der Waals surface area (Å²) in [5.74, 6) is 0. The molecule has 2 fully saturated rings. The summed E-state index contributed by atoms with van der Waals surface area (Å²) in [6, 6.07) is 11.7. The van der Waals surface area contributed by atoms with E-state index in [-0.39, 0.29) is 0 Å². The van der Waals surface area contributed by atoms with E-state index in [9.17, 15) is 0 Å². The van der Waals surface area contributed by atoms with Gasteiger partial charge in [0, 0.05) is 25.8 Å². The van der Waals surface area contributed by atoms with Crippen molar-refractivity contribution in [2.75, 3.05) is 19.8 Å². The molecule has 104 valence electrons. The summed E-state index contributed by atoms with van der Waals surface area (Å²) < 4.78 is 5.43. The standard InChI is InChI=1S/C17H25NO/c1-2-5-15(6-3-1)13-17(9-4-10-17)14-18-16-7-11-19-12-8-16/h1-3,5-6,16,18H,4,7-14H2. The maximum atomic E-state index is 5.43. The van der Waals surface area contributed by atoms with Crippen molar-refractivity contribution in [3.05, 3.63) is 35.9 Å². The van der Waals surface area contributed by atoms with E-state index in [2.05, 4.69) is 35.6 Å². The average molecular weight is 259 g/mol. The fraction of sp³-hybridized carbons (Fsp3) is 0.647. The molecule has 1 saturated heterocycles. The Labute approximate surface area is 116 Å². The summed E-state index contributed by atoms with van der Waals surface area (Å²) in [6.45, 7) is 3.05. The van der Waals surface area contributed by atoms with Crippen molar-refractivity contribution in [2.45, 2.75) is 44.6 Å². The molecule has 0 bridgehead atoms. The van der Waals surface area contributed by atoms with Gasteiger partial charge in [0.05, 0.1) is 0 Å². The van der Waals surface area contributed by atoms with Crippen molar-refractivity contribution in [2.24, 2.45) is 5.41 Å². The normalized spacial score (nSPS) is 22.9. The molecule has 0 unspecified atom stereocenters. The van der Waals surface area contributed by atoms with Crippen LogP contribution in [0, 0.1) is 5.41 Å². The van der Waals surface area contributed by atoms with Gasteiger partial charge in [-0.15, -0.1) is 0 Å². The fourth-order valence-corrected chi connectivity index (χ4v) is 3.38. The van der Waals surface area contributed by atoms with E-state index in [0.717, 1.165) is 13.2 Å². The second kappa shape index (κ2) is 6.06. The van der Waals surface area contributed by atoms with Gasteiger partial charge in [-0.1, -0.05) is 36.8 Å². The molecule has 1 heterocycles. The second-order valence-electron chi connectivity index (χ2n) is 6.28. The minimum absolute atomic E-state index is 0.527. The van der Waals surface area contributed by atoms with Crippen LogP contribution in [0.25, 0.3) is 0 Å². The predicted molar refractivity (Wildman–Crippen MR) is 78.3 cm³/mol. The summed E-state index contributed by atoms with van der Waals surface area (Å²) in [7, 11) is 0. The van der Waals surface area contributed by atoms with E-state index in [4.69, 9.17) is 4.74 Å². The fourth-order valence-electron chi connectivity index (χ4n) is 3.38. The number of rotatable bonds is 5. The molecule has 3 rings (SSSR count). The molecule has 1 aliphatic heterocycles. The molecule has 0 spiro atoms. The molecule has 1 aliphatic carbocycles. The number of hydrogen-bond donors (Lipinski definition) is 1. The molecule has 2 heteroatoms. The Balaban J connectivity index is 1.54. The molecule has 1 aromatic rings. The molecule has 2 aliphatic rings. The molecule has 0 radical (unpaired) electrons. The molecular formula is C17H25NO. The molecule has 0 amide bonds. The maximum absolute atomic E-state index is 5.43. The molecule has 0 atom stereocenters. The number of hydrogen-bond acceptors (Lipinski definition) is 2. The van der Waals surface area contributed by atoms with Gasteiger partial charge in [0.15, 0.2) is 0 Å². The zero-order valence-electron chi connectivity index (χ0n) is 11.7. The minimum Gasteiger partial charge on any atom is -0.381 e. The molecular weight excluding hydrogens is 234 g/mol. The Kier molecular flexibility index (Phi) is 4.19. The zero-order valence-corrected chi connectivity index (χ0v) is 11.7. The van der Waals surface area contributed by atoms with Crippen LogP contribution in [0.2, 0.25) is 0 Å². The largest absolute Gasteiger partial charge is 0.381 e. The van der Waals surface area contributed by atoms with Gasteiger partial charge < -0.3 is 10.1 Å². The molecule has 19 heavy (non-hydrogen) atoms. The lowest BCUT2D eigenvalue weighted by Crippen LogP contribution is -2.46. The SMILES string of the molecule is c1ccc(CC2(CNC3CCOCC3)CCC2)cc1. The number of nitrogens with one attached hydrogen (secondary N) is 1. The van der Waals surface area contributed by atoms with Crippen LogP contribution in [0.15, 0.2) is 30.3 Å². The number of benzene rings is 1. The minimum atomic E-state index is 0.527. The van der Waals surface area contributed by atoms with Crippen molar-refractivity contribution in [3.63, 3.8) is 0 Å². The predicted octanol–water partition coefficient (Wildman–Crippen LogP) is 3.17. The first-order valence-electron chi connectivity index (χ1n) is 7.71. The van der Waals surface area contributed by atoms with Gasteiger partial charge in [-0.3, -0.25) is 0 Å². The van der Waals surface area contributed by atoms with Crippen LogP contribution in [0.1, 0.15) is 37.7 Å². The number of ether oxygens (including phenoxy) is 1. The van der Waals surface area contributed by atoms with Crippen molar-refractivity contribution in [1.29, 1.82) is 0 Å². The second-order valence-corrected chi connectivity index (χ2v) is 6.28. The van der Waals surface area contributed by atoms with E-state index in [0.29, 0.717) is 11.5 Å². The summed E-state index contributed by atoms with van der Waals surface area (Å²) in [5.41, 5.74) is 2.02. The van der Waals surface area contributed by atoms with Gasteiger partial charge in [0.25, 0.3) is 0 Å². The van der Waals surface area contributed by atoms with Gasteiger partial charge in [0.2, 0.25) is 0 Å². The van der Waals surface area contributed by atoms with Gasteiger partial charge in [0.1, 0.15) is 0 Å². The molecule has 0 aromatic heterocycles. The Morgan fingerprint density at radius 3 is 2.47 bits per heavy atom. The molecule has 1 aromatic carbocycles. The first kappa shape index (κ1) is 13.1. The van der Waals surface area contributed by atoms with Crippen LogP contribution in [0.3, 0.4) is 0 Å². The van der Waals surface area contributed by atoms with Crippen molar-refractivity contribution < 1.29 is 4.74 Å². The van der Waals surface area contributed by atoms with Crippen LogP contribution in [0.5, 0.6) is 0 Å². The van der Waals surface area contributed by atoms with E-state index in [1.54, 1.807) is 0 Å². The third-order valence-electron chi connectivity index (χ3n) is 4.82. The third kappa shape index (κ3) is 3.37. The van der Waals surface area contributed by atoms with E-state index >= 15 is 0 Å². The molecule has 1 saturated carbocycles. The van der Waals surface area contributed by atoms with Crippen LogP contribution < -0.4 is 5.32 Å². The molecule has 2 nitrogen and oxygen atoms in total. The summed E-state index contributed by atoms with van der Waals surface area (Å²) in [6.07, 6.45) is 7.78. The maximum Gasteiger partial charge on any atom is 0.0480 e. The highest BCUT2D eigenvalue weighted by Crippen LogP contribution is 2.43. The van der Waals surface area contributed by atoms with Crippen molar-refractivity contribution in [3.8, 4) is 0 Å². The third-order valence-corrected chi connectivity index (χ3v) is 4.82. The Hall–Kier alpha value is -0.860. The summed E-state index contributed by atoms with van der Waals surface area (Å²) >= 11 is 0. The van der Waals surface area contributed by atoms with Crippen LogP contribution >= 0.6 is 0 Å². The monoisotopic (exact) mass is 259 g/mol. The van der Waals surface area contributed by atoms with E-state index in [1.165, 1.54) is 50.6 Å². The lowest BCUT2D eigenvalue weighted by atomic mass is 9.65.